The predicted octanol–water partition coefficient (Wildman–Crippen LogP) is 3.51. The largest absolute Gasteiger partial charge is 0.436 e. The molecule has 1 aromatic carbocycles. The summed E-state index contributed by atoms with van der Waals surface area (Å²) in [4.78, 5) is 4.33. The number of para-hydroxylation sites is 1. The van der Waals surface area contributed by atoms with Gasteiger partial charge in [0.25, 0.3) is 0 Å². The summed E-state index contributed by atoms with van der Waals surface area (Å²) < 4.78 is 18.9. The van der Waals surface area contributed by atoms with Crippen LogP contribution in [0.2, 0.25) is 0 Å². The highest BCUT2D eigenvalue weighted by molar-refractivity contribution is 5.28. The first-order chi connectivity index (χ1) is 9.29. The van der Waals surface area contributed by atoms with E-state index < -0.39 is 0 Å². The molecular formula is C15H17FN2O. The second-order valence-corrected chi connectivity index (χ2v) is 4.18. The van der Waals surface area contributed by atoms with Crippen LogP contribution in [0.4, 0.5) is 4.39 Å². The van der Waals surface area contributed by atoms with E-state index in [0.29, 0.717) is 12.4 Å². The number of hydrogen-bond donors (Lipinski definition) is 1. The third-order valence-corrected chi connectivity index (χ3v) is 2.57. The SMILES string of the molecule is CCCNCc1cccc(Oc2ccccc2F)n1. The van der Waals surface area contributed by atoms with E-state index in [0.717, 1.165) is 18.7 Å². The van der Waals surface area contributed by atoms with Crippen molar-refractivity contribution in [2.75, 3.05) is 6.54 Å². The fraction of sp³-hybridized carbons (Fsp3) is 0.267. The molecule has 2 rings (SSSR count). The van der Waals surface area contributed by atoms with Crippen molar-refractivity contribution < 1.29 is 9.13 Å². The number of nitrogens with zero attached hydrogens (tertiary/aromatic N) is 1. The van der Waals surface area contributed by atoms with Crippen LogP contribution in [0.25, 0.3) is 0 Å². The predicted molar refractivity (Wildman–Crippen MR) is 72.7 cm³/mol. The Morgan fingerprint density at radius 1 is 1.16 bits per heavy atom. The molecule has 0 bridgehead atoms. The lowest BCUT2D eigenvalue weighted by Gasteiger charge is -2.07. The minimum absolute atomic E-state index is 0.189. The second kappa shape index (κ2) is 6.85. The average molecular weight is 260 g/mol. The zero-order valence-corrected chi connectivity index (χ0v) is 10.9. The van der Waals surface area contributed by atoms with E-state index in [1.165, 1.54) is 6.07 Å². The van der Waals surface area contributed by atoms with Crippen molar-refractivity contribution in [2.24, 2.45) is 0 Å². The van der Waals surface area contributed by atoms with Crippen molar-refractivity contribution in [1.82, 2.24) is 10.3 Å². The van der Waals surface area contributed by atoms with Gasteiger partial charge in [0.2, 0.25) is 5.88 Å². The third-order valence-electron chi connectivity index (χ3n) is 2.57. The summed E-state index contributed by atoms with van der Waals surface area (Å²) in [6, 6.07) is 11.8. The molecule has 0 unspecified atom stereocenters. The molecule has 0 saturated carbocycles. The van der Waals surface area contributed by atoms with Gasteiger partial charge < -0.3 is 10.1 Å². The first kappa shape index (κ1) is 13.5. The topological polar surface area (TPSA) is 34.1 Å². The summed E-state index contributed by atoms with van der Waals surface area (Å²) in [7, 11) is 0. The van der Waals surface area contributed by atoms with Crippen LogP contribution in [0.3, 0.4) is 0 Å². The van der Waals surface area contributed by atoms with Crippen LogP contribution in [0, 0.1) is 5.82 Å². The first-order valence-corrected chi connectivity index (χ1v) is 6.38. The molecule has 0 amide bonds. The Morgan fingerprint density at radius 3 is 2.79 bits per heavy atom. The maximum atomic E-state index is 13.5. The molecule has 0 aliphatic carbocycles. The molecule has 19 heavy (non-hydrogen) atoms. The number of aromatic nitrogens is 1. The van der Waals surface area contributed by atoms with Gasteiger partial charge in [-0.25, -0.2) is 9.37 Å². The van der Waals surface area contributed by atoms with Crippen molar-refractivity contribution in [3.05, 3.63) is 54.0 Å². The minimum Gasteiger partial charge on any atom is -0.436 e. The number of halogens is 1. The van der Waals surface area contributed by atoms with Crippen molar-refractivity contribution in [3.63, 3.8) is 0 Å². The molecule has 0 saturated heterocycles. The molecule has 3 nitrogen and oxygen atoms in total. The van der Waals surface area contributed by atoms with Crippen LogP contribution in [0.1, 0.15) is 19.0 Å². The Kier molecular flexibility index (Phi) is 4.86. The van der Waals surface area contributed by atoms with Crippen LogP contribution in [-0.4, -0.2) is 11.5 Å². The lowest BCUT2D eigenvalue weighted by molar-refractivity contribution is 0.425. The standard InChI is InChI=1S/C15H17FN2O/c1-2-10-17-11-12-6-5-9-15(18-12)19-14-8-4-3-7-13(14)16/h3-9,17H,2,10-11H2,1H3. The van der Waals surface area contributed by atoms with E-state index in [9.17, 15) is 4.39 Å². The van der Waals surface area contributed by atoms with Gasteiger partial charge in [0.15, 0.2) is 11.6 Å². The van der Waals surface area contributed by atoms with E-state index in [1.54, 1.807) is 24.3 Å². The Bertz CT molecular complexity index is 531. The van der Waals surface area contributed by atoms with Crippen LogP contribution in [-0.2, 0) is 6.54 Å². The number of rotatable bonds is 6. The van der Waals surface area contributed by atoms with Crippen LogP contribution in [0.5, 0.6) is 11.6 Å². The molecule has 0 fully saturated rings. The Hall–Kier alpha value is -1.94. The summed E-state index contributed by atoms with van der Waals surface area (Å²) in [6.07, 6.45) is 1.07. The lowest BCUT2D eigenvalue weighted by atomic mass is 10.3. The van der Waals surface area contributed by atoms with Crippen LogP contribution in [0.15, 0.2) is 42.5 Å². The Morgan fingerprint density at radius 2 is 2.00 bits per heavy atom. The van der Waals surface area contributed by atoms with Gasteiger partial charge in [0, 0.05) is 12.6 Å². The first-order valence-electron chi connectivity index (χ1n) is 6.38. The van der Waals surface area contributed by atoms with E-state index >= 15 is 0 Å². The number of benzene rings is 1. The molecule has 100 valence electrons. The summed E-state index contributed by atoms with van der Waals surface area (Å²) in [5.74, 6) is 0.202. The molecule has 0 aliphatic heterocycles. The lowest BCUT2D eigenvalue weighted by Crippen LogP contribution is -2.14. The molecule has 0 aliphatic rings. The quantitative estimate of drug-likeness (QED) is 0.807. The number of hydrogen-bond acceptors (Lipinski definition) is 3. The van der Waals surface area contributed by atoms with E-state index in [-0.39, 0.29) is 11.6 Å². The van der Waals surface area contributed by atoms with Gasteiger partial charge in [0.05, 0.1) is 5.69 Å². The zero-order chi connectivity index (χ0) is 13.5. The molecule has 1 aromatic heterocycles. The molecule has 1 N–H and O–H groups in total. The van der Waals surface area contributed by atoms with E-state index in [4.69, 9.17) is 4.74 Å². The molecule has 1 heterocycles. The number of nitrogens with one attached hydrogen (secondary N) is 1. The summed E-state index contributed by atoms with van der Waals surface area (Å²) >= 11 is 0. The molecule has 0 spiro atoms. The van der Waals surface area contributed by atoms with E-state index in [1.807, 2.05) is 12.1 Å². The van der Waals surface area contributed by atoms with Gasteiger partial charge in [-0.05, 0) is 31.2 Å². The Balaban J connectivity index is 2.05. The number of ether oxygens (including phenoxy) is 1. The van der Waals surface area contributed by atoms with Gasteiger partial charge in [-0.3, -0.25) is 0 Å². The fourth-order valence-electron chi connectivity index (χ4n) is 1.65. The van der Waals surface area contributed by atoms with Crippen molar-refractivity contribution in [2.45, 2.75) is 19.9 Å². The minimum atomic E-state index is -0.390. The molecule has 0 radical (unpaired) electrons. The third kappa shape index (κ3) is 4.03. The summed E-state index contributed by atoms with van der Waals surface area (Å²) in [5, 5.41) is 3.26. The van der Waals surface area contributed by atoms with Crippen molar-refractivity contribution in [1.29, 1.82) is 0 Å². The van der Waals surface area contributed by atoms with E-state index in [2.05, 4.69) is 17.2 Å². The normalized spacial score (nSPS) is 10.4. The summed E-state index contributed by atoms with van der Waals surface area (Å²) in [5.41, 5.74) is 0.877. The summed E-state index contributed by atoms with van der Waals surface area (Å²) in [6.45, 7) is 3.74. The second-order valence-electron chi connectivity index (χ2n) is 4.18. The highest BCUT2D eigenvalue weighted by Gasteiger charge is 2.04. The van der Waals surface area contributed by atoms with Gasteiger partial charge in [-0.1, -0.05) is 25.1 Å². The van der Waals surface area contributed by atoms with Gasteiger partial charge in [-0.15, -0.1) is 0 Å². The van der Waals surface area contributed by atoms with Crippen LogP contribution < -0.4 is 10.1 Å². The van der Waals surface area contributed by atoms with Gasteiger partial charge in [-0.2, -0.15) is 0 Å². The van der Waals surface area contributed by atoms with Gasteiger partial charge >= 0.3 is 0 Å². The van der Waals surface area contributed by atoms with Gasteiger partial charge in [0.1, 0.15) is 0 Å². The monoisotopic (exact) mass is 260 g/mol. The Labute approximate surface area is 112 Å². The molecular weight excluding hydrogens is 243 g/mol. The fourth-order valence-corrected chi connectivity index (χ4v) is 1.65. The molecule has 0 atom stereocenters. The average Bonchev–Trinajstić information content (AvgIpc) is 2.42. The highest BCUT2D eigenvalue weighted by atomic mass is 19.1. The molecule has 4 heteroatoms. The van der Waals surface area contributed by atoms with Crippen LogP contribution >= 0.6 is 0 Å². The van der Waals surface area contributed by atoms with Crippen molar-refractivity contribution in [3.8, 4) is 11.6 Å². The molecule has 2 aromatic rings. The zero-order valence-electron chi connectivity index (χ0n) is 10.9. The van der Waals surface area contributed by atoms with Crippen molar-refractivity contribution >= 4 is 0 Å². The maximum Gasteiger partial charge on any atom is 0.219 e. The maximum absolute atomic E-state index is 13.5. The number of pyridine rings is 1. The smallest absolute Gasteiger partial charge is 0.219 e. The highest BCUT2D eigenvalue weighted by Crippen LogP contribution is 2.22.